The maximum Gasteiger partial charge on any atom is 0.0642 e. The fraction of sp³-hybridized carbons (Fsp3) is 0.684. The second kappa shape index (κ2) is 9.26. The molecule has 1 aliphatic rings. The van der Waals surface area contributed by atoms with Crippen molar-refractivity contribution >= 4 is 5.69 Å². The van der Waals surface area contributed by atoms with Gasteiger partial charge in [-0.3, -0.25) is 0 Å². The Kier molecular flexibility index (Phi) is 7.34. The van der Waals surface area contributed by atoms with Gasteiger partial charge in [0.15, 0.2) is 0 Å². The molecule has 0 bridgehead atoms. The van der Waals surface area contributed by atoms with E-state index < -0.39 is 0 Å². The zero-order valence-corrected chi connectivity index (χ0v) is 15.0. The number of morpholine rings is 1. The fourth-order valence-electron chi connectivity index (χ4n) is 2.64. The van der Waals surface area contributed by atoms with Crippen molar-refractivity contribution in [2.24, 2.45) is 0 Å². The van der Waals surface area contributed by atoms with Crippen LogP contribution in [0.15, 0.2) is 24.3 Å². The topological polar surface area (TPSA) is 30.9 Å². The summed E-state index contributed by atoms with van der Waals surface area (Å²) >= 11 is 0. The highest BCUT2D eigenvalue weighted by molar-refractivity contribution is 5.48. The third kappa shape index (κ3) is 6.13. The number of nitrogens with zero attached hydrogens (tertiary/aromatic N) is 1. The Balaban J connectivity index is 2.01. The number of benzene rings is 1. The first kappa shape index (κ1) is 18.2. The molecular weight excluding hydrogens is 290 g/mol. The molecule has 1 heterocycles. The van der Waals surface area contributed by atoms with E-state index in [4.69, 9.17) is 14.2 Å². The van der Waals surface area contributed by atoms with E-state index in [0.29, 0.717) is 13.2 Å². The van der Waals surface area contributed by atoms with Gasteiger partial charge in [0.25, 0.3) is 0 Å². The van der Waals surface area contributed by atoms with Crippen LogP contribution in [0.4, 0.5) is 5.69 Å². The zero-order valence-electron chi connectivity index (χ0n) is 15.0. The van der Waals surface area contributed by atoms with Gasteiger partial charge in [-0.15, -0.1) is 0 Å². The molecule has 1 aromatic carbocycles. The van der Waals surface area contributed by atoms with Crippen molar-refractivity contribution in [2.75, 3.05) is 44.4 Å². The minimum Gasteiger partial charge on any atom is -0.378 e. The van der Waals surface area contributed by atoms with Crippen molar-refractivity contribution in [3.05, 3.63) is 29.8 Å². The van der Waals surface area contributed by atoms with Gasteiger partial charge < -0.3 is 19.1 Å². The number of ether oxygens (including phenoxy) is 3. The van der Waals surface area contributed by atoms with Gasteiger partial charge in [0, 0.05) is 24.7 Å². The summed E-state index contributed by atoms with van der Waals surface area (Å²) in [5.41, 5.74) is 2.55. The normalized spacial score (nSPS) is 15.9. The van der Waals surface area contributed by atoms with Crippen molar-refractivity contribution in [3.8, 4) is 0 Å². The Morgan fingerprint density at radius 1 is 0.913 bits per heavy atom. The van der Waals surface area contributed by atoms with Gasteiger partial charge in [-0.25, -0.2) is 0 Å². The third-order valence-electron chi connectivity index (χ3n) is 4.00. The molecule has 1 aliphatic heterocycles. The molecule has 4 nitrogen and oxygen atoms in total. The molecule has 0 aromatic heterocycles. The Bertz CT molecular complexity index is 426. The molecule has 0 N–H and O–H groups in total. The van der Waals surface area contributed by atoms with E-state index in [1.807, 2.05) is 0 Å². The van der Waals surface area contributed by atoms with Gasteiger partial charge in [0.2, 0.25) is 0 Å². The van der Waals surface area contributed by atoms with E-state index in [1.165, 1.54) is 11.3 Å². The molecule has 0 aliphatic carbocycles. The molecule has 0 radical (unpaired) electrons. The summed E-state index contributed by atoms with van der Waals surface area (Å²) < 4.78 is 17.1. The maximum atomic E-state index is 5.83. The lowest BCUT2D eigenvalue weighted by molar-refractivity contribution is 0.0190. The molecule has 1 saturated heterocycles. The van der Waals surface area contributed by atoms with Crippen LogP contribution in [0.1, 0.15) is 39.2 Å². The average molecular weight is 321 g/mol. The standard InChI is InChI=1S/C19H31NO3/c1-15(2)22-13-18(14-23-16(3)4)17-5-7-19(8-6-17)20-9-11-21-12-10-20/h5-8,15-16,18H,9-14H2,1-4H3. The minimum atomic E-state index is 0.240. The number of hydrogen-bond donors (Lipinski definition) is 0. The lowest BCUT2D eigenvalue weighted by atomic mass is 10.00. The molecule has 2 rings (SSSR count). The molecule has 130 valence electrons. The second-order valence-corrected chi connectivity index (χ2v) is 6.65. The van der Waals surface area contributed by atoms with Crippen LogP contribution in [0.3, 0.4) is 0 Å². The monoisotopic (exact) mass is 321 g/mol. The van der Waals surface area contributed by atoms with Gasteiger partial charge in [-0.05, 0) is 45.4 Å². The summed E-state index contributed by atoms with van der Waals surface area (Å²) in [6, 6.07) is 8.84. The van der Waals surface area contributed by atoms with E-state index in [1.54, 1.807) is 0 Å². The highest BCUT2D eigenvalue weighted by atomic mass is 16.5. The van der Waals surface area contributed by atoms with Gasteiger partial charge in [-0.1, -0.05) is 12.1 Å². The summed E-state index contributed by atoms with van der Waals surface area (Å²) in [6.45, 7) is 13.2. The lowest BCUT2D eigenvalue weighted by Crippen LogP contribution is -2.36. The Morgan fingerprint density at radius 2 is 1.43 bits per heavy atom. The third-order valence-corrected chi connectivity index (χ3v) is 4.00. The largest absolute Gasteiger partial charge is 0.378 e. The molecule has 0 spiro atoms. The van der Waals surface area contributed by atoms with Crippen LogP contribution in [0.2, 0.25) is 0 Å². The smallest absolute Gasteiger partial charge is 0.0642 e. The Labute approximate surface area is 140 Å². The summed E-state index contributed by atoms with van der Waals surface area (Å²) in [7, 11) is 0. The molecule has 0 unspecified atom stereocenters. The Morgan fingerprint density at radius 3 is 1.91 bits per heavy atom. The van der Waals surface area contributed by atoms with E-state index in [0.717, 1.165) is 26.3 Å². The minimum absolute atomic E-state index is 0.240. The predicted octanol–water partition coefficient (Wildman–Crippen LogP) is 3.46. The first-order chi connectivity index (χ1) is 11.1. The summed E-state index contributed by atoms with van der Waals surface area (Å²) in [5.74, 6) is 0.276. The van der Waals surface area contributed by atoms with Gasteiger partial charge in [0.1, 0.15) is 0 Å². The van der Waals surface area contributed by atoms with Gasteiger partial charge >= 0.3 is 0 Å². The van der Waals surface area contributed by atoms with Crippen LogP contribution in [0, 0.1) is 0 Å². The fourth-order valence-corrected chi connectivity index (χ4v) is 2.64. The van der Waals surface area contributed by atoms with Gasteiger partial charge in [0.05, 0.1) is 38.6 Å². The summed E-state index contributed by atoms with van der Waals surface area (Å²) in [6.07, 6.45) is 0.480. The quantitative estimate of drug-likeness (QED) is 0.734. The SMILES string of the molecule is CC(C)OCC(COC(C)C)c1ccc(N2CCOCC2)cc1. The molecule has 1 fully saturated rings. The molecule has 4 heteroatoms. The van der Waals surface area contributed by atoms with Gasteiger partial charge in [-0.2, -0.15) is 0 Å². The molecule has 23 heavy (non-hydrogen) atoms. The van der Waals surface area contributed by atoms with Crippen LogP contribution in [-0.4, -0.2) is 51.7 Å². The van der Waals surface area contributed by atoms with Crippen LogP contribution in [0.25, 0.3) is 0 Å². The van der Waals surface area contributed by atoms with Crippen LogP contribution in [0.5, 0.6) is 0 Å². The first-order valence-corrected chi connectivity index (χ1v) is 8.72. The van der Waals surface area contributed by atoms with Crippen molar-refractivity contribution in [2.45, 2.75) is 45.8 Å². The molecule has 1 aromatic rings. The molecule has 0 saturated carbocycles. The van der Waals surface area contributed by atoms with Crippen molar-refractivity contribution < 1.29 is 14.2 Å². The number of hydrogen-bond acceptors (Lipinski definition) is 4. The Hall–Kier alpha value is -1.10. The highest BCUT2D eigenvalue weighted by Crippen LogP contribution is 2.23. The van der Waals surface area contributed by atoms with E-state index in [2.05, 4.69) is 56.9 Å². The summed E-state index contributed by atoms with van der Waals surface area (Å²) in [5, 5.41) is 0. The van der Waals surface area contributed by atoms with Crippen LogP contribution < -0.4 is 4.90 Å². The lowest BCUT2D eigenvalue weighted by Gasteiger charge is -2.29. The predicted molar refractivity (Wildman–Crippen MR) is 94.4 cm³/mol. The molecule has 0 amide bonds. The molecule has 0 atom stereocenters. The maximum absolute atomic E-state index is 5.83. The number of anilines is 1. The zero-order chi connectivity index (χ0) is 16.7. The average Bonchev–Trinajstić information content (AvgIpc) is 2.55. The summed E-state index contributed by atoms with van der Waals surface area (Å²) in [4.78, 5) is 2.37. The van der Waals surface area contributed by atoms with Crippen molar-refractivity contribution in [3.63, 3.8) is 0 Å². The van der Waals surface area contributed by atoms with Crippen molar-refractivity contribution in [1.82, 2.24) is 0 Å². The number of rotatable bonds is 8. The first-order valence-electron chi connectivity index (χ1n) is 8.72. The van der Waals surface area contributed by atoms with E-state index in [-0.39, 0.29) is 18.1 Å². The van der Waals surface area contributed by atoms with Crippen molar-refractivity contribution in [1.29, 1.82) is 0 Å². The highest BCUT2D eigenvalue weighted by Gasteiger charge is 2.16. The van der Waals surface area contributed by atoms with Crippen LogP contribution >= 0.6 is 0 Å². The van der Waals surface area contributed by atoms with E-state index >= 15 is 0 Å². The van der Waals surface area contributed by atoms with E-state index in [9.17, 15) is 0 Å². The molecular formula is C19H31NO3. The van der Waals surface area contributed by atoms with Crippen LogP contribution in [-0.2, 0) is 14.2 Å². The second-order valence-electron chi connectivity index (χ2n) is 6.65.